The van der Waals surface area contributed by atoms with E-state index in [9.17, 15) is 12.8 Å². The van der Waals surface area contributed by atoms with Gasteiger partial charge >= 0.3 is 0 Å². The van der Waals surface area contributed by atoms with Crippen molar-refractivity contribution in [2.45, 2.75) is 11.3 Å². The highest BCUT2D eigenvalue weighted by atomic mass is 32.2. The first-order valence-electron chi connectivity index (χ1n) is 8.70. The van der Waals surface area contributed by atoms with E-state index in [0.717, 1.165) is 25.2 Å². The van der Waals surface area contributed by atoms with E-state index in [4.69, 9.17) is 0 Å². The molecule has 0 aliphatic carbocycles. The van der Waals surface area contributed by atoms with Crippen LogP contribution in [0, 0.1) is 5.82 Å². The fourth-order valence-electron chi connectivity index (χ4n) is 2.49. The van der Waals surface area contributed by atoms with Crippen LogP contribution in [0.3, 0.4) is 0 Å². The predicted molar refractivity (Wildman–Crippen MR) is 103 cm³/mol. The average Bonchev–Trinajstić information content (AvgIpc) is 3.04. The molecule has 0 aliphatic heterocycles. The molecule has 0 fully saturated rings. The van der Waals surface area contributed by atoms with Gasteiger partial charge in [0.2, 0.25) is 10.0 Å². The molecule has 28 heavy (non-hydrogen) atoms. The van der Waals surface area contributed by atoms with Crippen molar-refractivity contribution in [2.75, 3.05) is 39.0 Å². The van der Waals surface area contributed by atoms with Crippen molar-refractivity contribution in [3.8, 4) is 0 Å². The minimum absolute atomic E-state index is 0.00510. The third-order valence-corrected chi connectivity index (χ3v) is 5.43. The molecule has 0 radical (unpaired) electrons. The van der Waals surface area contributed by atoms with Crippen molar-refractivity contribution in [1.29, 1.82) is 0 Å². The molecule has 0 atom stereocenters. The van der Waals surface area contributed by atoms with E-state index < -0.39 is 15.8 Å². The molecule has 0 saturated carbocycles. The zero-order chi connectivity index (χ0) is 20.1. The van der Waals surface area contributed by atoms with Crippen LogP contribution in [-0.4, -0.2) is 66.9 Å². The standard InChI is InChI=1S/C17H22FN7O2S/c1-24(2)12-11-19-15-7-8-16-21-22-17(25(16)23-15)9-10-20-28(26,27)14-5-3-13(18)4-6-14/h3-8,20H,9-12H2,1-2H3,(H,19,23). The van der Waals surface area contributed by atoms with E-state index in [0.29, 0.717) is 23.7 Å². The van der Waals surface area contributed by atoms with Gasteiger partial charge in [-0.05, 0) is 50.5 Å². The lowest BCUT2D eigenvalue weighted by Crippen LogP contribution is -2.26. The van der Waals surface area contributed by atoms with Gasteiger partial charge in [-0.15, -0.1) is 15.3 Å². The maximum absolute atomic E-state index is 13.0. The summed E-state index contributed by atoms with van der Waals surface area (Å²) in [6.07, 6.45) is 0.301. The molecule has 0 amide bonds. The maximum Gasteiger partial charge on any atom is 0.240 e. The van der Waals surface area contributed by atoms with Gasteiger partial charge in [-0.2, -0.15) is 4.52 Å². The van der Waals surface area contributed by atoms with Gasteiger partial charge in [0, 0.05) is 26.1 Å². The van der Waals surface area contributed by atoms with Crippen LogP contribution in [0.25, 0.3) is 5.65 Å². The maximum atomic E-state index is 13.0. The number of nitrogens with zero attached hydrogens (tertiary/aromatic N) is 5. The van der Waals surface area contributed by atoms with Crippen LogP contribution in [0.4, 0.5) is 10.2 Å². The first kappa shape index (κ1) is 20.1. The fraction of sp³-hybridized carbons (Fsp3) is 0.353. The number of anilines is 1. The van der Waals surface area contributed by atoms with Gasteiger partial charge in [0.05, 0.1) is 4.90 Å². The van der Waals surface area contributed by atoms with Gasteiger partial charge in [0.15, 0.2) is 11.5 Å². The van der Waals surface area contributed by atoms with Crippen molar-refractivity contribution < 1.29 is 12.8 Å². The van der Waals surface area contributed by atoms with Crippen molar-refractivity contribution in [3.63, 3.8) is 0 Å². The van der Waals surface area contributed by atoms with Crippen molar-refractivity contribution in [1.82, 2.24) is 29.4 Å². The molecule has 150 valence electrons. The summed E-state index contributed by atoms with van der Waals surface area (Å²) in [6, 6.07) is 8.27. The molecule has 1 aromatic carbocycles. The predicted octanol–water partition coefficient (Wildman–Crippen LogP) is 0.758. The third-order valence-electron chi connectivity index (χ3n) is 3.96. The Kier molecular flexibility index (Phi) is 6.17. The average molecular weight is 407 g/mol. The Hall–Kier alpha value is -2.63. The lowest BCUT2D eigenvalue weighted by Gasteiger charge is -2.11. The first-order chi connectivity index (χ1) is 13.3. The number of likely N-dealkylation sites (N-methyl/N-ethyl adjacent to an activating group) is 1. The minimum atomic E-state index is -3.72. The Bertz CT molecular complexity index is 1040. The number of fused-ring (bicyclic) bond motifs is 1. The smallest absolute Gasteiger partial charge is 0.240 e. The quantitative estimate of drug-likeness (QED) is 0.540. The molecule has 0 aliphatic rings. The molecule has 0 unspecified atom stereocenters. The summed E-state index contributed by atoms with van der Waals surface area (Å²) < 4.78 is 41.5. The molecule has 3 rings (SSSR count). The number of aromatic nitrogens is 4. The molecule has 0 saturated heterocycles. The summed E-state index contributed by atoms with van der Waals surface area (Å²) >= 11 is 0. The molecular weight excluding hydrogens is 385 g/mol. The second-order valence-electron chi connectivity index (χ2n) is 6.44. The second-order valence-corrected chi connectivity index (χ2v) is 8.20. The van der Waals surface area contributed by atoms with Crippen LogP contribution in [0.5, 0.6) is 0 Å². The second kappa shape index (κ2) is 8.59. The summed E-state index contributed by atoms with van der Waals surface area (Å²) in [7, 11) is 0.255. The van der Waals surface area contributed by atoms with Crippen molar-refractivity contribution in [3.05, 3.63) is 48.0 Å². The fourth-order valence-corrected chi connectivity index (χ4v) is 3.52. The number of hydrogen-bond acceptors (Lipinski definition) is 7. The van der Waals surface area contributed by atoms with E-state index in [1.807, 2.05) is 20.2 Å². The van der Waals surface area contributed by atoms with Gasteiger partial charge < -0.3 is 10.2 Å². The number of sulfonamides is 1. The number of benzene rings is 1. The molecule has 0 bridgehead atoms. The Balaban J connectivity index is 1.64. The normalized spacial score (nSPS) is 12.0. The first-order valence-corrected chi connectivity index (χ1v) is 10.2. The van der Waals surface area contributed by atoms with E-state index in [2.05, 4.69) is 30.2 Å². The van der Waals surface area contributed by atoms with Gasteiger partial charge in [-0.25, -0.2) is 17.5 Å². The summed E-state index contributed by atoms with van der Waals surface area (Å²) in [5.41, 5.74) is 0.578. The molecule has 2 aromatic heterocycles. The highest BCUT2D eigenvalue weighted by Crippen LogP contribution is 2.10. The lowest BCUT2D eigenvalue weighted by atomic mass is 10.4. The van der Waals surface area contributed by atoms with E-state index in [1.165, 1.54) is 12.1 Å². The topological polar surface area (TPSA) is 105 Å². The van der Waals surface area contributed by atoms with Crippen LogP contribution in [0.15, 0.2) is 41.3 Å². The molecular formula is C17H22FN7O2S. The zero-order valence-electron chi connectivity index (χ0n) is 15.6. The molecule has 2 heterocycles. The van der Waals surface area contributed by atoms with Crippen LogP contribution < -0.4 is 10.0 Å². The highest BCUT2D eigenvalue weighted by Gasteiger charge is 2.15. The lowest BCUT2D eigenvalue weighted by molar-refractivity contribution is 0.425. The van der Waals surface area contributed by atoms with E-state index in [-0.39, 0.29) is 11.4 Å². The third kappa shape index (κ3) is 5.00. The monoisotopic (exact) mass is 407 g/mol. The molecule has 0 spiro atoms. The molecule has 11 heteroatoms. The van der Waals surface area contributed by atoms with Crippen LogP contribution in [0.2, 0.25) is 0 Å². The minimum Gasteiger partial charge on any atom is -0.367 e. The molecule has 9 nitrogen and oxygen atoms in total. The van der Waals surface area contributed by atoms with E-state index in [1.54, 1.807) is 10.6 Å². The molecule has 2 N–H and O–H groups in total. The van der Waals surface area contributed by atoms with Gasteiger partial charge in [0.1, 0.15) is 11.6 Å². The van der Waals surface area contributed by atoms with Crippen LogP contribution in [0.1, 0.15) is 5.82 Å². The number of nitrogens with one attached hydrogen (secondary N) is 2. The summed E-state index contributed by atoms with van der Waals surface area (Å²) in [4.78, 5) is 2.06. The molecule has 3 aromatic rings. The van der Waals surface area contributed by atoms with Crippen LogP contribution >= 0.6 is 0 Å². The van der Waals surface area contributed by atoms with Gasteiger partial charge in [0.25, 0.3) is 0 Å². The summed E-state index contributed by atoms with van der Waals surface area (Å²) in [5.74, 6) is 0.727. The van der Waals surface area contributed by atoms with Gasteiger partial charge in [-0.3, -0.25) is 0 Å². The number of rotatable bonds is 9. The summed E-state index contributed by atoms with van der Waals surface area (Å²) in [6.45, 7) is 1.71. The van der Waals surface area contributed by atoms with Crippen molar-refractivity contribution >= 4 is 21.5 Å². The Morgan fingerprint density at radius 1 is 1.07 bits per heavy atom. The SMILES string of the molecule is CN(C)CCNc1ccc2nnc(CCNS(=O)(=O)c3ccc(F)cc3)n2n1. The Morgan fingerprint density at radius 3 is 2.54 bits per heavy atom. The Morgan fingerprint density at radius 2 is 1.82 bits per heavy atom. The van der Waals surface area contributed by atoms with Crippen LogP contribution in [-0.2, 0) is 16.4 Å². The largest absolute Gasteiger partial charge is 0.367 e. The number of halogens is 1. The van der Waals surface area contributed by atoms with Gasteiger partial charge in [-0.1, -0.05) is 0 Å². The number of hydrogen-bond donors (Lipinski definition) is 2. The summed E-state index contributed by atoms with van der Waals surface area (Å²) in [5, 5.41) is 15.8. The Labute approximate surface area is 162 Å². The van der Waals surface area contributed by atoms with Crippen molar-refractivity contribution in [2.24, 2.45) is 0 Å². The van der Waals surface area contributed by atoms with E-state index >= 15 is 0 Å². The highest BCUT2D eigenvalue weighted by molar-refractivity contribution is 7.89. The zero-order valence-corrected chi connectivity index (χ0v) is 16.4.